The van der Waals surface area contributed by atoms with Gasteiger partial charge >= 0.3 is 0 Å². The van der Waals surface area contributed by atoms with Gasteiger partial charge in [-0.3, -0.25) is 4.98 Å². The molecule has 0 amide bonds. The Morgan fingerprint density at radius 1 is 1.05 bits per heavy atom. The van der Waals surface area contributed by atoms with Crippen LogP contribution >= 0.6 is 27.5 Å². The van der Waals surface area contributed by atoms with Crippen LogP contribution in [0.1, 0.15) is 5.56 Å². The molecule has 3 nitrogen and oxygen atoms in total. The molecule has 0 unspecified atom stereocenters. The minimum Gasteiger partial charge on any atom is -0.436 e. The van der Waals surface area contributed by atoms with Crippen molar-refractivity contribution in [2.75, 3.05) is 0 Å². The summed E-state index contributed by atoms with van der Waals surface area (Å²) in [5, 5.41) is 2.19. The molecule has 20 heavy (non-hydrogen) atoms. The molecule has 0 fully saturated rings. The number of alkyl halides is 1. The number of ether oxygens (including phenoxy) is 1. The molecule has 0 saturated carbocycles. The van der Waals surface area contributed by atoms with Crippen molar-refractivity contribution in [1.82, 2.24) is 9.97 Å². The van der Waals surface area contributed by atoms with Gasteiger partial charge in [-0.05, 0) is 30.3 Å². The Balaban J connectivity index is 2.09. The molecule has 0 aliphatic heterocycles. The van der Waals surface area contributed by atoms with Gasteiger partial charge in [-0.2, -0.15) is 0 Å². The predicted octanol–water partition coefficient (Wildman–Crippen LogP) is 4.97. The molecule has 0 bridgehead atoms. The maximum atomic E-state index is 6.17. The van der Waals surface area contributed by atoms with Crippen LogP contribution in [0.2, 0.25) is 5.02 Å². The normalized spacial score (nSPS) is 10.7. The summed E-state index contributed by atoms with van der Waals surface area (Å²) < 4.78 is 5.91. The van der Waals surface area contributed by atoms with E-state index in [0.29, 0.717) is 22.0 Å². The lowest BCUT2D eigenvalue weighted by atomic mass is 10.2. The van der Waals surface area contributed by atoms with Crippen molar-refractivity contribution in [1.29, 1.82) is 0 Å². The van der Waals surface area contributed by atoms with Crippen molar-refractivity contribution in [3.63, 3.8) is 0 Å². The number of halogens is 2. The van der Waals surface area contributed by atoms with Gasteiger partial charge in [-0.25, -0.2) is 4.98 Å². The molecule has 1 aromatic carbocycles. The average Bonchev–Trinajstić information content (AvgIpc) is 2.51. The van der Waals surface area contributed by atoms with Crippen LogP contribution in [0.5, 0.6) is 11.6 Å². The first-order valence-electron chi connectivity index (χ1n) is 6.00. The van der Waals surface area contributed by atoms with Crippen molar-refractivity contribution in [3.8, 4) is 11.6 Å². The smallest absolute Gasteiger partial charge is 0.223 e. The lowest BCUT2D eigenvalue weighted by molar-refractivity contribution is 0.463. The van der Waals surface area contributed by atoms with E-state index in [1.54, 1.807) is 18.5 Å². The Morgan fingerprint density at radius 3 is 2.70 bits per heavy atom. The highest BCUT2D eigenvalue weighted by molar-refractivity contribution is 9.08. The molecule has 100 valence electrons. The second-order valence-electron chi connectivity index (χ2n) is 4.15. The second-order valence-corrected chi connectivity index (χ2v) is 5.12. The van der Waals surface area contributed by atoms with Gasteiger partial charge < -0.3 is 4.74 Å². The van der Waals surface area contributed by atoms with Gasteiger partial charge in [0, 0.05) is 28.7 Å². The van der Waals surface area contributed by atoms with E-state index < -0.39 is 0 Å². The van der Waals surface area contributed by atoms with Crippen LogP contribution < -0.4 is 4.74 Å². The average molecular weight is 350 g/mol. The molecule has 0 aliphatic carbocycles. The summed E-state index contributed by atoms with van der Waals surface area (Å²) in [6, 6.07) is 11.2. The van der Waals surface area contributed by atoms with E-state index in [1.165, 1.54) is 0 Å². The Labute approximate surface area is 129 Å². The summed E-state index contributed by atoms with van der Waals surface area (Å²) in [7, 11) is 0. The molecule has 2 aromatic heterocycles. The number of aromatic nitrogens is 2. The first kappa shape index (κ1) is 13.3. The van der Waals surface area contributed by atoms with Crippen LogP contribution in [0.15, 0.2) is 48.8 Å². The minimum atomic E-state index is 0.568. The van der Waals surface area contributed by atoms with Gasteiger partial charge in [0.25, 0.3) is 0 Å². The molecule has 5 heteroatoms. The topological polar surface area (TPSA) is 35.0 Å². The zero-order valence-electron chi connectivity index (χ0n) is 10.4. The van der Waals surface area contributed by atoms with Gasteiger partial charge in [0.2, 0.25) is 5.88 Å². The molecule has 0 radical (unpaired) electrons. The van der Waals surface area contributed by atoms with Crippen molar-refractivity contribution in [2.24, 2.45) is 0 Å². The Morgan fingerprint density at radius 2 is 1.85 bits per heavy atom. The maximum Gasteiger partial charge on any atom is 0.223 e. The first-order valence-corrected chi connectivity index (χ1v) is 7.50. The van der Waals surface area contributed by atoms with E-state index in [2.05, 4.69) is 25.9 Å². The van der Waals surface area contributed by atoms with Gasteiger partial charge in [-0.15, -0.1) is 0 Å². The minimum absolute atomic E-state index is 0.568. The maximum absolute atomic E-state index is 6.17. The van der Waals surface area contributed by atoms with Crippen molar-refractivity contribution in [2.45, 2.75) is 5.33 Å². The van der Waals surface area contributed by atoms with E-state index >= 15 is 0 Å². The molecule has 0 N–H and O–H groups in total. The van der Waals surface area contributed by atoms with Gasteiger partial charge in [0.15, 0.2) is 5.75 Å². The zero-order chi connectivity index (χ0) is 13.9. The molecule has 0 saturated heterocycles. The SMILES string of the molecule is Clc1ccc(Oc2ncccc2CBr)c2ncccc12. The van der Waals surface area contributed by atoms with Crippen LogP contribution in [0.4, 0.5) is 0 Å². The lowest BCUT2D eigenvalue weighted by Crippen LogP contribution is -1.94. The van der Waals surface area contributed by atoms with Crippen molar-refractivity contribution in [3.05, 3.63) is 59.4 Å². The second kappa shape index (κ2) is 5.77. The third-order valence-corrected chi connectivity index (χ3v) is 3.81. The summed E-state index contributed by atoms with van der Waals surface area (Å²) in [4.78, 5) is 8.61. The monoisotopic (exact) mass is 348 g/mol. The number of benzene rings is 1. The number of rotatable bonds is 3. The Hall–Kier alpha value is -1.65. The summed E-state index contributed by atoms with van der Waals surface area (Å²) >= 11 is 9.60. The highest BCUT2D eigenvalue weighted by atomic mass is 79.9. The lowest BCUT2D eigenvalue weighted by Gasteiger charge is -2.10. The Bertz CT molecular complexity index is 764. The van der Waals surface area contributed by atoms with Crippen LogP contribution in [0, 0.1) is 0 Å². The molecule has 0 atom stereocenters. The number of hydrogen-bond acceptors (Lipinski definition) is 3. The van der Waals surface area contributed by atoms with Gasteiger partial charge in [-0.1, -0.05) is 33.6 Å². The number of hydrogen-bond donors (Lipinski definition) is 0. The zero-order valence-corrected chi connectivity index (χ0v) is 12.7. The summed E-state index contributed by atoms with van der Waals surface area (Å²) in [6.45, 7) is 0. The fourth-order valence-corrected chi connectivity index (χ4v) is 2.56. The van der Waals surface area contributed by atoms with E-state index in [-0.39, 0.29) is 0 Å². The van der Waals surface area contributed by atoms with Crippen LogP contribution in [0.3, 0.4) is 0 Å². The van der Waals surface area contributed by atoms with Crippen LogP contribution in [-0.2, 0) is 5.33 Å². The molecule has 0 aliphatic rings. The highest BCUT2D eigenvalue weighted by Crippen LogP contribution is 2.33. The molecular formula is C15H10BrClN2O. The first-order chi connectivity index (χ1) is 9.79. The summed E-state index contributed by atoms with van der Waals surface area (Å²) in [6.07, 6.45) is 3.42. The third kappa shape index (κ3) is 2.49. The van der Waals surface area contributed by atoms with E-state index in [0.717, 1.165) is 16.5 Å². The fraction of sp³-hybridized carbons (Fsp3) is 0.0667. The van der Waals surface area contributed by atoms with Gasteiger partial charge in [0.05, 0.1) is 5.02 Å². The molecular weight excluding hydrogens is 340 g/mol. The summed E-state index contributed by atoms with van der Waals surface area (Å²) in [5.74, 6) is 1.21. The number of pyridine rings is 2. The largest absolute Gasteiger partial charge is 0.436 e. The van der Waals surface area contributed by atoms with Crippen LogP contribution in [0.25, 0.3) is 10.9 Å². The quantitative estimate of drug-likeness (QED) is 0.626. The van der Waals surface area contributed by atoms with Crippen LogP contribution in [-0.4, -0.2) is 9.97 Å². The van der Waals surface area contributed by atoms with Crippen molar-refractivity contribution >= 4 is 38.4 Å². The standard InChI is InChI=1S/C15H10BrClN2O/c16-9-10-3-1-8-19-15(10)20-13-6-5-12(17)11-4-2-7-18-14(11)13/h1-8H,9H2. The number of nitrogens with zero attached hydrogens (tertiary/aromatic N) is 2. The predicted molar refractivity (Wildman–Crippen MR) is 83.7 cm³/mol. The summed E-state index contributed by atoms with van der Waals surface area (Å²) in [5.41, 5.74) is 1.71. The third-order valence-electron chi connectivity index (χ3n) is 2.88. The van der Waals surface area contributed by atoms with E-state index in [9.17, 15) is 0 Å². The van der Waals surface area contributed by atoms with Gasteiger partial charge in [0.1, 0.15) is 5.52 Å². The van der Waals surface area contributed by atoms with Crippen molar-refractivity contribution < 1.29 is 4.74 Å². The molecule has 2 heterocycles. The Kier molecular flexibility index (Phi) is 3.85. The fourth-order valence-electron chi connectivity index (χ4n) is 1.92. The molecule has 3 rings (SSSR count). The van der Waals surface area contributed by atoms with E-state index in [1.807, 2.05) is 30.3 Å². The highest BCUT2D eigenvalue weighted by Gasteiger charge is 2.10. The van der Waals surface area contributed by atoms with E-state index in [4.69, 9.17) is 16.3 Å². The number of fused-ring (bicyclic) bond motifs is 1. The molecule has 0 spiro atoms. The molecule has 3 aromatic rings.